The van der Waals surface area contributed by atoms with Crippen LogP contribution in [-0.4, -0.2) is 121 Å². The number of benzene rings is 7. The van der Waals surface area contributed by atoms with Gasteiger partial charge in [0.25, 0.3) is 0 Å². The smallest absolute Gasteiger partial charge is 0.331 e. The van der Waals surface area contributed by atoms with Crippen molar-refractivity contribution in [1.29, 1.82) is 0 Å². The van der Waals surface area contributed by atoms with E-state index in [0.29, 0.717) is 22.8 Å². The van der Waals surface area contributed by atoms with Crippen molar-refractivity contribution in [3.05, 3.63) is 180 Å². The SMILES string of the molecule is CC(C)(NC(=O)C(Cc1ccc2ccccc2c1)NC(=O)CCCCC1CCSS1)C(=O)NC(C)(C)C(=O)NC(Cc1ccc2ccccc2c1)C(=O)NC(C)(C)C(=O)NC(C)(C)C(=O)NC(Cc1ccc2ccccc2c1)C(=O)NC(C)(C)C(=O)NC(C)(C)C(=O)OCc1ccccc1. The summed E-state index contributed by atoms with van der Waals surface area (Å²) in [7, 11) is 3.76. The summed E-state index contributed by atoms with van der Waals surface area (Å²) < 4.78 is 5.52. The van der Waals surface area contributed by atoms with E-state index >= 15 is 0 Å². The summed E-state index contributed by atoms with van der Waals surface area (Å²) in [5.74, 6) is -5.91. The molecule has 0 bridgehead atoms. The Morgan fingerprint density at radius 3 is 1.12 bits per heavy atom. The molecule has 1 saturated heterocycles. The van der Waals surface area contributed by atoms with E-state index < -0.39 is 105 Å². The van der Waals surface area contributed by atoms with E-state index in [4.69, 9.17) is 4.74 Å². The average Bonchev–Trinajstić information content (AvgIpc) is 0.901. The number of esters is 1. The molecule has 0 spiro atoms. The Bertz CT molecular complexity index is 4170. The molecule has 0 radical (unpaired) electrons. The summed E-state index contributed by atoms with van der Waals surface area (Å²) in [5, 5.41) is 31.3. The second-order valence-corrected chi connectivity index (χ2v) is 31.8. The first-order chi connectivity index (χ1) is 47.1. The first-order valence-electron chi connectivity index (χ1n) is 33.9. The molecule has 1 heterocycles. The van der Waals surface area contributed by atoms with Gasteiger partial charge < -0.3 is 52.6 Å². The number of carbonyl (C=O) groups is 10. The van der Waals surface area contributed by atoms with Crippen LogP contribution in [0.3, 0.4) is 0 Å². The molecular formula is C78H95N9O11S2. The number of unbranched alkanes of at least 4 members (excludes halogenated alkanes) is 1. The topological polar surface area (TPSA) is 288 Å². The molecule has 8 rings (SSSR count). The van der Waals surface area contributed by atoms with Crippen molar-refractivity contribution in [2.24, 2.45) is 0 Å². The van der Waals surface area contributed by atoms with E-state index in [0.717, 1.165) is 68.5 Å². The van der Waals surface area contributed by atoms with Crippen molar-refractivity contribution < 1.29 is 52.7 Å². The number of rotatable bonds is 31. The Morgan fingerprint density at radius 1 is 0.390 bits per heavy atom. The van der Waals surface area contributed by atoms with Gasteiger partial charge in [0.15, 0.2) is 0 Å². The molecule has 530 valence electrons. The number of amides is 9. The van der Waals surface area contributed by atoms with Crippen molar-refractivity contribution in [2.45, 2.75) is 198 Å². The van der Waals surface area contributed by atoms with Crippen molar-refractivity contribution in [1.82, 2.24) is 47.9 Å². The lowest BCUT2D eigenvalue weighted by molar-refractivity contribution is -0.154. The Kier molecular flexibility index (Phi) is 25.1. The molecule has 4 unspecified atom stereocenters. The van der Waals surface area contributed by atoms with Gasteiger partial charge in [0.1, 0.15) is 58.0 Å². The molecule has 1 aliphatic heterocycles. The van der Waals surface area contributed by atoms with Crippen LogP contribution in [-0.2, 0) is 78.6 Å². The maximum absolute atomic E-state index is 14.8. The summed E-state index contributed by atoms with van der Waals surface area (Å²) in [4.78, 5) is 143. The van der Waals surface area contributed by atoms with E-state index in [9.17, 15) is 47.9 Å². The van der Waals surface area contributed by atoms with E-state index in [1.165, 1.54) is 83.1 Å². The zero-order valence-electron chi connectivity index (χ0n) is 59.2. The van der Waals surface area contributed by atoms with Gasteiger partial charge in [-0.15, -0.1) is 0 Å². The van der Waals surface area contributed by atoms with Gasteiger partial charge in [-0.25, -0.2) is 4.79 Å². The van der Waals surface area contributed by atoms with Gasteiger partial charge in [-0.2, -0.15) is 0 Å². The lowest BCUT2D eigenvalue weighted by atomic mass is 9.95. The quantitative estimate of drug-likeness (QED) is 0.0111. The molecule has 7 aromatic rings. The van der Waals surface area contributed by atoms with E-state index in [1.807, 2.05) is 167 Å². The third-order valence-electron chi connectivity index (χ3n) is 17.7. The largest absolute Gasteiger partial charge is 0.459 e. The van der Waals surface area contributed by atoms with E-state index in [2.05, 4.69) is 47.9 Å². The Hall–Kier alpha value is -9.28. The molecule has 1 aliphatic rings. The second kappa shape index (κ2) is 32.8. The summed E-state index contributed by atoms with van der Waals surface area (Å²) in [6.07, 6.45) is 3.91. The Labute approximate surface area is 593 Å². The maximum atomic E-state index is 14.8. The summed E-state index contributed by atoms with van der Waals surface area (Å²) in [5.41, 5.74) is -7.27. The highest BCUT2D eigenvalue weighted by Crippen LogP contribution is 2.40. The predicted molar refractivity (Wildman–Crippen MR) is 395 cm³/mol. The fraction of sp³-hybridized carbons (Fsp3) is 0.410. The number of hydrogen-bond donors (Lipinski definition) is 9. The molecule has 1 fully saturated rings. The zero-order chi connectivity index (χ0) is 72.8. The standard InChI is InChI=1S/C78H95N9O11S2/c1-73(2,85-69(94)75(5,6)82-64(89)60(45-50-34-37-53-26-16-19-29-56(53)42-50)79-63(88)33-23-22-32-59-40-41-99-100-59)67(92)80-61(46-51-35-38-54-27-17-20-30-57(54)43-51)65(90)83-76(7,8)70(95)86-74(3,4)68(93)81-62(47-52-36-39-55-28-18-21-31-58(55)44-52)66(91)84-77(9,10)71(96)87-78(11,12)72(97)98-48-49-24-14-13-15-25-49/h13-21,24-31,34-39,42-44,59-62H,22-23,32-33,40-41,45-48H2,1-12H3,(H,79,88)(H,80,92)(H,81,93)(H,82,89)(H,83,90)(H,84,91)(H,85,94)(H,86,95)(H,87,96). The van der Waals surface area contributed by atoms with Gasteiger partial charge in [-0.3, -0.25) is 43.2 Å². The van der Waals surface area contributed by atoms with Crippen molar-refractivity contribution in [3.8, 4) is 0 Å². The zero-order valence-corrected chi connectivity index (χ0v) is 60.8. The van der Waals surface area contributed by atoms with Crippen LogP contribution < -0.4 is 47.9 Å². The van der Waals surface area contributed by atoms with Gasteiger partial charge in [0, 0.05) is 36.7 Å². The van der Waals surface area contributed by atoms with Gasteiger partial charge >= 0.3 is 5.97 Å². The Balaban J connectivity index is 0.943. The highest BCUT2D eigenvalue weighted by Gasteiger charge is 2.44. The summed E-state index contributed by atoms with van der Waals surface area (Å²) in [6, 6.07) is 45.3. The minimum absolute atomic E-state index is 0.0282. The first kappa shape index (κ1) is 76.5. The second-order valence-electron chi connectivity index (χ2n) is 29.0. The third kappa shape index (κ3) is 21.1. The molecule has 0 aromatic heterocycles. The van der Waals surface area contributed by atoms with Crippen LogP contribution in [0.5, 0.6) is 0 Å². The van der Waals surface area contributed by atoms with Crippen LogP contribution in [0.4, 0.5) is 0 Å². The molecule has 9 amide bonds. The van der Waals surface area contributed by atoms with Crippen LogP contribution in [0.2, 0.25) is 0 Å². The number of hydrogen-bond acceptors (Lipinski definition) is 13. The fourth-order valence-electron chi connectivity index (χ4n) is 11.3. The van der Waals surface area contributed by atoms with Crippen LogP contribution in [0.1, 0.15) is 137 Å². The fourth-order valence-corrected chi connectivity index (χ4v) is 14.4. The molecular weight excluding hydrogens is 1300 g/mol. The summed E-state index contributed by atoms with van der Waals surface area (Å²) >= 11 is 0. The van der Waals surface area contributed by atoms with Crippen molar-refractivity contribution in [2.75, 3.05) is 5.75 Å². The molecule has 22 heteroatoms. The molecule has 100 heavy (non-hydrogen) atoms. The van der Waals surface area contributed by atoms with Crippen LogP contribution in [0.25, 0.3) is 32.3 Å². The van der Waals surface area contributed by atoms with Crippen LogP contribution in [0.15, 0.2) is 158 Å². The number of fused-ring (bicyclic) bond motifs is 3. The highest BCUT2D eigenvalue weighted by atomic mass is 33.1. The molecule has 20 nitrogen and oxygen atoms in total. The van der Waals surface area contributed by atoms with E-state index in [-0.39, 0.29) is 38.2 Å². The molecule has 7 aromatic carbocycles. The van der Waals surface area contributed by atoms with Crippen LogP contribution in [0, 0.1) is 0 Å². The van der Waals surface area contributed by atoms with Crippen molar-refractivity contribution in [3.63, 3.8) is 0 Å². The highest BCUT2D eigenvalue weighted by molar-refractivity contribution is 8.77. The van der Waals surface area contributed by atoms with Crippen LogP contribution >= 0.6 is 21.6 Å². The molecule has 4 atom stereocenters. The monoisotopic (exact) mass is 1400 g/mol. The van der Waals surface area contributed by atoms with Gasteiger partial charge in [-0.05, 0) is 157 Å². The molecule has 0 saturated carbocycles. The lowest BCUT2D eigenvalue weighted by Crippen LogP contribution is -2.67. The van der Waals surface area contributed by atoms with Gasteiger partial charge in [0.2, 0.25) is 53.2 Å². The summed E-state index contributed by atoms with van der Waals surface area (Å²) in [6.45, 7) is 17.4. The van der Waals surface area contributed by atoms with E-state index in [1.54, 1.807) is 12.1 Å². The normalized spacial score (nSPS) is 14.5. The van der Waals surface area contributed by atoms with Gasteiger partial charge in [0.05, 0.1) is 0 Å². The van der Waals surface area contributed by atoms with Crippen molar-refractivity contribution >= 4 is 113 Å². The first-order valence-corrected chi connectivity index (χ1v) is 36.3. The Morgan fingerprint density at radius 2 is 0.740 bits per heavy atom. The average molecular weight is 1400 g/mol. The third-order valence-corrected chi connectivity index (χ3v) is 20.7. The lowest BCUT2D eigenvalue weighted by Gasteiger charge is -2.35. The molecule has 9 N–H and O–H groups in total. The number of nitrogens with one attached hydrogen (secondary N) is 9. The number of carbonyl (C=O) groups excluding carboxylic acids is 10. The maximum Gasteiger partial charge on any atom is 0.331 e. The molecule has 0 aliphatic carbocycles. The minimum atomic E-state index is -1.78. The number of ether oxygens (including phenoxy) is 1. The minimum Gasteiger partial charge on any atom is -0.459 e. The predicted octanol–water partition coefficient (Wildman–Crippen LogP) is 9.45. The van der Waals surface area contributed by atoms with Gasteiger partial charge in [-0.1, -0.05) is 186 Å².